The van der Waals surface area contributed by atoms with Crippen LogP contribution in [-0.4, -0.2) is 33.5 Å². The zero-order valence-corrected chi connectivity index (χ0v) is 16.2. The molecule has 1 heterocycles. The maximum Gasteiger partial charge on any atom is 0.104 e. The second-order valence-electron chi connectivity index (χ2n) is 8.54. The van der Waals surface area contributed by atoms with E-state index in [1.165, 1.54) is 24.2 Å². The Bertz CT molecular complexity index is 561. The molecule has 0 radical (unpaired) electrons. The van der Waals surface area contributed by atoms with E-state index in [0.717, 1.165) is 37.2 Å². The first kappa shape index (κ1) is 17.3. The van der Waals surface area contributed by atoms with Gasteiger partial charge in [-0.1, -0.05) is 5.21 Å². The van der Waals surface area contributed by atoms with Gasteiger partial charge in [0, 0.05) is 0 Å². The Morgan fingerprint density at radius 3 is 2.39 bits per heavy atom. The van der Waals surface area contributed by atoms with E-state index in [-0.39, 0.29) is 10.5 Å². The van der Waals surface area contributed by atoms with Crippen LogP contribution in [0.2, 0.25) is 0 Å². The highest BCUT2D eigenvalue weighted by atomic mass is 32.2. The average Bonchev–Trinajstić information content (AvgIpc) is 2.93. The molecule has 1 saturated carbocycles. The van der Waals surface area contributed by atoms with Crippen molar-refractivity contribution in [3.05, 3.63) is 11.4 Å². The van der Waals surface area contributed by atoms with Crippen LogP contribution in [-0.2, 0) is 22.4 Å². The lowest BCUT2D eigenvalue weighted by atomic mass is 10.0. The Morgan fingerprint density at radius 1 is 1.13 bits per heavy atom. The van der Waals surface area contributed by atoms with Crippen LogP contribution < -0.4 is 0 Å². The number of hydrogen-bond donors (Lipinski definition) is 0. The normalized spacial score (nSPS) is 27.8. The van der Waals surface area contributed by atoms with Crippen molar-refractivity contribution in [1.29, 1.82) is 0 Å². The summed E-state index contributed by atoms with van der Waals surface area (Å²) in [5, 5.41) is 8.98. The molecule has 1 fully saturated rings. The van der Waals surface area contributed by atoms with Crippen molar-refractivity contribution in [1.82, 2.24) is 15.0 Å². The predicted molar refractivity (Wildman–Crippen MR) is 95.7 cm³/mol. The van der Waals surface area contributed by atoms with Crippen LogP contribution in [0.4, 0.5) is 0 Å². The summed E-state index contributed by atoms with van der Waals surface area (Å²) in [5.41, 5.74) is 2.57. The van der Waals surface area contributed by atoms with Gasteiger partial charge in [0.2, 0.25) is 0 Å². The summed E-state index contributed by atoms with van der Waals surface area (Å²) in [6.45, 7) is 11.8. The number of aromatic nitrogens is 3. The monoisotopic (exact) mass is 337 g/mol. The third-order valence-electron chi connectivity index (χ3n) is 5.50. The molecule has 2 aliphatic carbocycles. The summed E-state index contributed by atoms with van der Waals surface area (Å²) in [6.07, 6.45) is 6.84. The van der Waals surface area contributed by atoms with Gasteiger partial charge in [0.05, 0.1) is 23.6 Å². The number of ether oxygens (including phenoxy) is 1. The molecule has 0 N–H and O–H groups in total. The second kappa shape index (κ2) is 6.07. The van der Waals surface area contributed by atoms with E-state index in [4.69, 9.17) is 4.74 Å². The van der Waals surface area contributed by atoms with E-state index in [1.807, 2.05) is 11.8 Å². The van der Waals surface area contributed by atoms with E-state index in [9.17, 15) is 0 Å². The standard InChI is InChI=1S/C18H31N3OS/c1-17(2,3)22-11-14-12-7-9-15-16(10-8-13(12)14)21(20-19-15)18(4,5)23-6/h12-14H,7-11H2,1-6H3/t12-,13+,14-/m0/s1. The zero-order valence-electron chi connectivity index (χ0n) is 15.4. The fourth-order valence-electron chi connectivity index (χ4n) is 3.88. The van der Waals surface area contributed by atoms with Gasteiger partial charge in [0.15, 0.2) is 0 Å². The first-order valence-corrected chi connectivity index (χ1v) is 10.1. The van der Waals surface area contributed by atoms with Crippen LogP contribution in [0.3, 0.4) is 0 Å². The lowest BCUT2D eigenvalue weighted by Gasteiger charge is -2.25. The topological polar surface area (TPSA) is 39.9 Å². The number of rotatable bonds is 4. The van der Waals surface area contributed by atoms with Gasteiger partial charge in [-0.25, -0.2) is 4.68 Å². The lowest BCUT2D eigenvalue weighted by molar-refractivity contribution is -0.0122. The smallest absolute Gasteiger partial charge is 0.104 e. The van der Waals surface area contributed by atoms with Gasteiger partial charge in [-0.05, 0) is 84.3 Å². The molecule has 2 aliphatic rings. The fourth-order valence-corrected chi connectivity index (χ4v) is 4.20. The first-order valence-electron chi connectivity index (χ1n) is 8.86. The van der Waals surface area contributed by atoms with Gasteiger partial charge < -0.3 is 4.74 Å². The summed E-state index contributed by atoms with van der Waals surface area (Å²) in [6, 6.07) is 0. The molecule has 0 saturated heterocycles. The number of hydrogen-bond acceptors (Lipinski definition) is 4. The van der Waals surface area contributed by atoms with Gasteiger partial charge in [-0.2, -0.15) is 0 Å². The van der Waals surface area contributed by atoms with Gasteiger partial charge in [-0.3, -0.25) is 0 Å². The van der Waals surface area contributed by atoms with Crippen LogP contribution in [0.25, 0.3) is 0 Å². The minimum absolute atomic E-state index is 0.0164. The number of thioether (sulfide) groups is 1. The molecule has 1 aromatic rings. The average molecular weight is 338 g/mol. The molecule has 0 bridgehead atoms. The molecule has 5 heteroatoms. The quantitative estimate of drug-likeness (QED) is 0.836. The predicted octanol–water partition coefficient (Wildman–Crippen LogP) is 3.89. The number of aryl methyl sites for hydroxylation is 1. The van der Waals surface area contributed by atoms with Crippen molar-refractivity contribution in [2.24, 2.45) is 17.8 Å². The minimum atomic E-state index is -0.0226. The van der Waals surface area contributed by atoms with Gasteiger partial charge in [0.25, 0.3) is 0 Å². The first-order chi connectivity index (χ1) is 10.7. The van der Waals surface area contributed by atoms with E-state index >= 15 is 0 Å². The minimum Gasteiger partial charge on any atom is -0.376 e. The molecule has 130 valence electrons. The Morgan fingerprint density at radius 2 is 1.78 bits per heavy atom. The van der Waals surface area contributed by atoms with Crippen LogP contribution in [0, 0.1) is 17.8 Å². The van der Waals surface area contributed by atoms with Crippen molar-refractivity contribution >= 4 is 11.8 Å². The van der Waals surface area contributed by atoms with Crippen molar-refractivity contribution in [2.75, 3.05) is 12.9 Å². The maximum atomic E-state index is 6.04. The molecule has 4 nitrogen and oxygen atoms in total. The molecule has 0 aromatic carbocycles. The van der Waals surface area contributed by atoms with Crippen LogP contribution >= 0.6 is 11.8 Å². The molecule has 0 aliphatic heterocycles. The summed E-state index contributed by atoms with van der Waals surface area (Å²) in [5.74, 6) is 2.43. The van der Waals surface area contributed by atoms with Crippen molar-refractivity contribution in [3.63, 3.8) is 0 Å². The van der Waals surface area contributed by atoms with E-state index in [1.54, 1.807) is 0 Å². The Kier molecular flexibility index (Phi) is 4.56. The van der Waals surface area contributed by atoms with Crippen molar-refractivity contribution in [3.8, 4) is 0 Å². The van der Waals surface area contributed by atoms with E-state index in [2.05, 4.69) is 55.9 Å². The highest BCUT2D eigenvalue weighted by molar-refractivity contribution is 7.99. The molecular formula is C18H31N3OS. The van der Waals surface area contributed by atoms with E-state index in [0.29, 0.717) is 0 Å². The second-order valence-corrected chi connectivity index (χ2v) is 9.95. The van der Waals surface area contributed by atoms with Crippen LogP contribution in [0.15, 0.2) is 0 Å². The molecular weight excluding hydrogens is 306 g/mol. The molecule has 0 amide bonds. The molecule has 3 rings (SSSR count). The Labute approximate surface area is 144 Å². The van der Waals surface area contributed by atoms with E-state index < -0.39 is 0 Å². The van der Waals surface area contributed by atoms with Gasteiger partial charge in [0.1, 0.15) is 4.87 Å². The molecule has 23 heavy (non-hydrogen) atoms. The molecule has 0 unspecified atom stereocenters. The Balaban J connectivity index is 1.68. The number of fused-ring (bicyclic) bond motifs is 2. The van der Waals surface area contributed by atoms with Crippen molar-refractivity contribution in [2.45, 2.75) is 70.8 Å². The third-order valence-corrected chi connectivity index (χ3v) is 6.67. The lowest BCUT2D eigenvalue weighted by Crippen LogP contribution is -2.26. The molecule has 0 spiro atoms. The highest BCUT2D eigenvalue weighted by Gasteiger charge is 2.50. The largest absolute Gasteiger partial charge is 0.376 e. The number of nitrogens with zero attached hydrogens (tertiary/aromatic N) is 3. The third kappa shape index (κ3) is 3.60. The summed E-state index contributed by atoms with van der Waals surface area (Å²) in [7, 11) is 0. The molecule has 3 atom stereocenters. The molecule has 1 aromatic heterocycles. The van der Waals surface area contributed by atoms with Gasteiger partial charge in [-0.15, -0.1) is 16.9 Å². The van der Waals surface area contributed by atoms with Crippen molar-refractivity contribution < 1.29 is 4.74 Å². The highest BCUT2D eigenvalue weighted by Crippen LogP contribution is 2.53. The summed E-state index contributed by atoms with van der Waals surface area (Å²) >= 11 is 1.83. The SMILES string of the molecule is CSC(C)(C)n1nnc2c1CC[C@@H]1[C@H](CC2)[C@@H]1COC(C)(C)C. The van der Waals surface area contributed by atoms with Crippen LogP contribution in [0.5, 0.6) is 0 Å². The fraction of sp³-hybridized carbons (Fsp3) is 0.889. The maximum absolute atomic E-state index is 6.04. The Hall–Kier alpha value is -0.550. The summed E-state index contributed by atoms with van der Waals surface area (Å²) < 4.78 is 8.21. The van der Waals surface area contributed by atoms with Gasteiger partial charge >= 0.3 is 0 Å². The van der Waals surface area contributed by atoms with Crippen LogP contribution in [0.1, 0.15) is 58.8 Å². The zero-order chi connectivity index (χ0) is 16.8. The summed E-state index contributed by atoms with van der Waals surface area (Å²) in [4.78, 5) is -0.0164.